The lowest BCUT2D eigenvalue weighted by molar-refractivity contribution is -0.184. The summed E-state index contributed by atoms with van der Waals surface area (Å²) in [7, 11) is 0. The molecule has 1 aliphatic heterocycles. The Labute approximate surface area is 192 Å². The molecule has 0 bridgehead atoms. The van der Waals surface area contributed by atoms with Crippen molar-refractivity contribution in [2.24, 2.45) is 11.8 Å². The third-order valence-electron chi connectivity index (χ3n) is 8.61. The molecule has 0 radical (unpaired) electrons. The molecule has 1 spiro atoms. The van der Waals surface area contributed by atoms with E-state index in [0.29, 0.717) is 12.0 Å². The average Bonchev–Trinajstić information content (AvgIpc) is 3.28. The molecule has 0 aromatic heterocycles. The van der Waals surface area contributed by atoms with Gasteiger partial charge in [-0.1, -0.05) is 18.2 Å². The second-order valence-electron chi connectivity index (χ2n) is 10.4. The van der Waals surface area contributed by atoms with Crippen molar-refractivity contribution in [3.05, 3.63) is 41.2 Å². The molecule has 1 atom stereocenters. The Morgan fingerprint density at radius 3 is 2.34 bits per heavy atom. The molecule has 2 saturated carbocycles. The van der Waals surface area contributed by atoms with E-state index in [1.165, 1.54) is 30.4 Å². The Bertz CT molecular complexity index is 795. The Hall–Kier alpha value is -1.23. The Morgan fingerprint density at radius 2 is 1.72 bits per heavy atom. The predicted molar refractivity (Wildman–Crippen MR) is 125 cm³/mol. The number of ether oxygens (including phenoxy) is 3. The number of rotatable bonds is 5. The van der Waals surface area contributed by atoms with Crippen molar-refractivity contribution in [3.63, 3.8) is 0 Å². The molecule has 1 aromatic rings. The highest BCUT2D eigenvalue weighted by Crippen LogP contribution is 2.45. The summed E-state index contributed by atoms with van der Waals surface area (Å²) >= 11 is 0. The van der Waals surface area contributed by atoms with Gasteiger partial charge in [0.25, 0.3) is 0 Å². The van der Waals surface area contributed by atoms with E-state index in [1.807, 2.05) is 12.1 Å². The third kappa shape index (κ3) is 4.83. The van der Waals surface area contributed by atoms with E-state index in [-0.39, 0.29) is 11.6 Å². The number of hydrogen-bond donors (Lipinski definition) is 0. The van der Waals surface area contributed by atoms with Crippen LogP contribution in [0.3, 0.4) is 0 Å². The first-order valence-corrected chi connectivity index (χ1v) is 13.0. The van der Waals surface area contributed by atoms with Gasteiger partial charge in [0.05, 0.1) is 19.3 Å². The van der Waals surface area contributed by atoms with Crippen LogP contribution in [-0.2, 0) is 14.2 Å². The molecule has 1 saturated heterocycles. The van der Waals surface area contributed by atoms with Gasteiger partial charge in [-0.05, 0) is 99.7 Å². The van der Waals surface area contributed by atoms with Crippen LogP contribution in [0.1, 0.15) is 94.6 Å². The van der Waals surface area contributed by atoms with Crippen LogP contribution in [0.15, 0.2) is 24.3 Å². The topological polar surface area (TPSA) is 27.7 Å². The predicted octanol–water partition coefficient (Wildman–Crippen LogP) is 7.01. The lowest BCUT2D eigenvalue weighted by atomic mass is 9.72. The van der Waals surface area contributed by atoms with Crippen molar-refractivity contribution in [3.8, 4) is 0 Å². The van der Waals surface area contributed by atoms with Gasteiger partial charge >= 0.3 is 0 Å². The van der Waals surface area contributed by atoms with Crippen LogP contribution < -0.4 is 0 Å². The molecule has 0 amide bonds. The Kier molecular flexibility index (Phi) is 7.01. The van der Waals surface area contributed by atoms with Gasteiger partial charge in [0.1, 0.15) is 5.82 Å². The molecule has 4 heteroatoms. The van der Waals surface area contributed by atoms with Gasteiger partial charge in [0, 0.05) is 25.0 Å². The molecule has 3 fully saturated rings. The highest BCUT2D eigenvalue weighted by Gasteiger charge is 2.42. The molecule has 4 aliphatic rings. The highest BCUT2D eigenvalue weighted by atomic mass is 19.1. The number of benzene rings is 1. The summed E-state index contributed by atoms with van der Waals surface area (Å²) in [5, 5.41) is 0. The van der Waals surface area contributed by atoms with Gasteiger partial charge in [-0.3, -0.25) is 0 Å². The fraction of sp³-hybridized carbons (Fsp3) is 0.714. The fourth-order valence-corrected chi connectivity index (χ4v) is 6.71. The Morgan fingerprint density at radius 1 is 0.969 bits per heavy atom. The molecule has 176 valence electrons. The van der Waals surface area contributed by atoms with Crippen LogP contribution in [0.4, 0.5) is 4.39 Å². The summed E-state index contributed by atoms with van der Waals surface area (Å²) in [6, 6.07) is 6.04. The normalized spacial score (nSPS) is 31.1. The number of allylic oxidation sites excluding steroid dienone is 2. The van der Waals surface area contributed by atoms with E-state index < -0.39 is 0 Å². The minimum absolute atomic E-state index is 0.0331. The zero-order chi connectivity index (χ0) is 22.0. The number of halogens is 1. The van der Waals surface area contributed by atoms with Crippen LogP contribution in [0, 0.1) is 17.7 Å². The molecule has 1 aromatic carbocycles. The molecule has 1 heterocycles. The van der Waals surface area contributed by atoms with Gasteiger partial charge in [-0.2, -0.15) is 0 Å². The minimum Gasteiger partial charge on any atom is -0.379 e. The summed E-state index contributed by atoms with van der Waals surface area (Å²) in [6.45, 7) is 4.35. The minimum atomic E-state index is -0.265. The smallest absolute Gasteiger partial charge is 0.168 e. The first kappa shape index (κ1) is 22.6. The van der Waals surface area contributed by atoms with E-state index >= 15 is 4.39 Å². The van der Waals surface area contributed by atoms with E-state index in [2.05, 4.69) is 19.1 Å². The maximum atomic E-state index is 15.1. The van der Waals surface area contributed by atoms with E-state index in [1.54, 1.807) is 0 Å². The summed E-state index contributed by atoms with van der Waals surface area (Å²) in [5.74, 6) is 1.65. The molecule has 5 rings (SSSR count). The highest BCUT2D eigenvalue weighted by molar-refractivity contribution is 5.67. The summed E-state index contributed by atoms with van der Waals surface area (Å²) in [4.78, 5) is 0. The van der Waals surface area contributed by atoms with Crippen LogP contribution >= 0.6 is 0 Å². The molecular weight excluding hydrogens is 403 g/mol. The largest absolute Gasteiger partial charge is 0.379 e. The zero-order valence-corrected chi connectivity index (χ0v) is 19.6. The van der Waals surface area contributed by atoms with Crippen molar-refractivity contribution in [1.82, 2.24) is 0 Å². The molecule has 1 unspecified atom stereocenters. The van der Waals surface area contributed by atoms with Crippen molar-refractivity contribution in [2.45, 2.75) is 95.4 Å². The van der Waals surface area contributed by atoms with Crippen LogP contribution in [0.25, 0.3) is 5.57 Å². The first-order valence-electron chi connectivity index (χ1n) is 13.0. The second kappa shape index (κ2) is 9.95. The standard InChI is InChI=1S/C28H39FO3/c1-2-30-25-10-7-21(8-11-25)24-9-12-26(27(29)19-24)23-5-3-20(4-6-23)22-13-15-28(16-14-22)31-17-18-32-28/h5,9,12,19-22,25H,2-4,6-8,10-11,13-18H2,1H3. The van der Waals surface area contributed by atoms with Crippen molar-refractivity contribution < 1.29 is 18.6 Å². The van der Waals surface area contributed by atoms with Gasteiger partial charge < -0.3 is 14.2 Å². The quantitative estimate of drug-likeness (QED) is 0.491. The molecular formula is C28H39FO3. The van der Waals surface area contributed by atoms with Gasteiger partial charge in [-0.25, -0.2) is 4.39 Å². The van der Waals surface area contributed by atoms with Gasteiger partial charge in [0.2, 0.25) is 0 Å². The average molecular weight is 443 g/mol. The molecule has 0 N–H and O–H groups in total. The van der Waals surface area contributed by atoms with Gasteiger partial charge in [-0.15, -0.1) is 0 Å². The van der Waals surface area contributed by atoms with E-state index in [9.17, 15) is 0 Å². The SMILES string of the molecule is CCOC1CCC(c2ccc(C3=CCC(C4CCC5(CC4)OCCO5)CC3)c(F)c2)CC1. The van der Waals surface area contributed by atoms with E-state index in [0.717, 1.165) is 88.6 Å². The lowest BCUT2D eigenvalue weighted by Gasteiger charge is -2.39. The summed E-state index contributed by atoms with van der Waals surface area (Å²) < 4.78 is 32.7. The van der Waals surface area contributed by atoms with E-state index in [4.69, 9.17) is 14.2 Å². The summed E-state index contributed by atoms with van der Waals surface area (Å²) in [5.41, 5.74) is 3.20. The zero-order valence-electron chi connectivity index (χ0n) is 19.6. The third-order valence-corrected chi connectivity index (χ3v) is 8.61. The summed E-state index contributed by atoms with van der Waals surface area (Å²) in [6.07, 6.45) is 14.8. The number of hydrogen-bond acceptors (Lipinski definition) is 3. The first-order chi connectivity index (χ1) is 15.7. The van der Waals surface area contributed by atoms with Crippen molar-refractivity contribution >= 4 is 5.57 Å². The molecule has 3 nitrogen and oxygen atoms in total. The molecule has 32 heavy (non-hydrogen) atoms. The van der Waals surface area contributed by atoms with Crippen LogP contribution in [0.2, 0.25) is 0 Å². The maximum Gasteiger partial charge on any atom is 0.168 e. The van der Waals surface area contributed by atoms with Crippen molar-refractivity contribution in [2.75, 3.05) is 19.8 Å². The lowest BCUT2D eigenvalue weighted by Crippen LogP contribution is -2.37. The fourth-order valence-electron chi connectivity index (χ4n) is 6.71. The van der Waals surface area contributed by atoms with Gasteiger partial charge in [0.15, 0.2) is 5.79 Å². The van der Waals surface area contributed by atoms with Crippen LogP contribution in [-0.4, -0.2) is 31.7 Å². The van der Waals surface area contributed by atoms with Crippen molar-refractivity contribution in [1.29, 1.82) is 0 Å². The Balaban J connectivity index is 1.17. The van der Waals surface area contributed by atoms with Crippen LogP contribution in [0.5, 0.6) is 0 Å². The maximum absolute atomic E-state index is 15.1. The second-order valence-corrected chi connectivity index (χ2v) is 10.4. The molecule has 3 aliphatic carbocycles. The monoisotopic (exact) mass is 442 g/mol.